The first-order chi connectivity index (χ1) is 17.7. The molecular weight excluding hydrogens is 474 g/mol. The quantitative estimate of drug-likeness (QED) is 0.219. The van der Waals surface area contributed by atoms with Gasteiger partial charge in [0.05, 0.1) is 6.21 Å². The normalized spacial score (nSPS) is 13.2. The zero-order valence-electron chi connectivity index (χ0n) is 19.6. The van der Waals surface area contributed by atoms with Crippen LogP contribution in [-0.2, 0) is 6.61 Å². The summed E-state index contributed by atoms with van der Waals surface area (Å²) in [7, 11) is 0. The molecule has 3 aromatic carbocycles. The van der Waals surface area contributed by atoms with Crippen molar-refractivity contribution in [3.05, 3.63) is 95.0 Å². The van der Waals surface area contributed by atoms with Gasteiger partial charge >= 0.3 is 0 Å². The molecule has 1 aliphatic heterocycles. The summed E-state index contributed by atoms with van der Waals surface area (Å²) in [4.78, 5) is 15.9. The number of aromatic nitrogens is 3. The molecule has 0 atom stereocenters. The molecule has 8 nitrogen and oxygen atoms in total. The summed E-state index contributed by atoms with van der Waals surface area (Å²) >= 11 is 6.22. The van der Waals surface area contributed by atoms with E-state index in [2.05, 4.69) is 35.7 Å². The molecule has 1 fully saturated rings. The number of hydrogen-bond acceptors (Lipinski definition) is 8. The molecule has 0 amide bonds. The Balaban J connectivity index is 1.28. The predicted molar refractivity (Wildman–Crippen MR) is 144 cm³/mol. The fourth-order valence-corrected chi connectivity index (χ4v) is 4.00. The van der Waals surface area contributed by atoms with E-state index in [1.165, 1.54) is 0 Å². The van der Waals surface area contributed by atoms with Crippen molar-refractivity contribution in [2.45, 2.75) is 19.4 Å². The zero-order valence-corrected chi connectivity index (χ0v) is 20.4. The second-order valence-electron chi connectivity index (χ2n) is 8.29. The van der Waals surface area contributed by atoms with Crippen molar-refractivity contribution in [2.75, 3.05) is 28.7 Å². The molecule has 1 aliphatic rings. The van der Waals surface area contributed by atoms with Gasteiger partial charge < -0.3 is 15.0 Å². The van der Waals surface area contributed by atoms with Gasteiger partial charge in [0, 0.05) is 29.4 Å². The number of hydrogen-bond donors (Lipinski definition) is 2. The third-order valence-corrected chi connectivity index (χ3v) is 6.00. The highest BCUT2D eigenvalue weighted by Gasteiger charge is 2.17. The first kappa shape index (κ1) is 23.6. The van der Waals surface area contributed by atoms with Crippen molar-refractivity contribution in [2.24, 2.45) is 5.10 Å². The van der Waals surface area contributed by atoms with E-state index in [1.807, 2.05) is 78.9 Å². The smallest absolute Gasteiger partial charge is 0.250 e. The van der Waals surface area contributed by atoms with Crippen molar-refractivity contribution >= 4 is 41.3 Å². The first-order valence-corrected chi connectivity index (χ1v) is 12.2. The molecule has 0 saturated carbocycles. The number of nitrogens with zero attached hydrogens (tertiary/aromatic N) is 5. The van der Waals surface area contributed by atoms with Gasteiger partial charge in [-0.1, -0.05) is 60.1 Å². The molecule has 1 saturated heterocycles. The third kappa shape index (κ3) is 6.28. The molecule has 1 aromatic heterocycles. The van der Waals surface area contributed by atoms with E-state index < -0.39 is 0 Å². The van der Waals surface area contributed by atoms with Crippen molar-refractivity contribution < 1.29 is 4.74 Å². The molecule has 182 valence electrons. The van der Waals surface area contributed by atoms with Crippen molar-refractivity contribution in [1.82, 2.24) is 15.0 Å². The average molecular weight is 500 g/mol. The van der Waals surface area contributed by atoms with Crippen LogP contribution in [0.1, 0.15) is 24.0 Å². The van der Waals surface area contributed by atoms with E-state index in [-0.39, 0.29) is 0 Å². The number of rotatable bonds is 9. The maximum atomic E-state index is 6.22. The van der Waals surface area contributed by atoms with E-state index in [4.69, 9.17) is 16.3 Å². The van der Waals surface area contributed by atoms with Gasteiger partial charge in [-0.3, -0.25) is 0 Å². The van der Waals surface area contributed by atoms with Crippen LogP contribution in [0, 0.1) is 0 Å². The summed E-state index contributed by atoms with van der Waals surface area (Å²) in [6.07, 6.45) is 3.96. The minimum atomic E-state index is 0.368. The highest BCUT2D eigenvalue weighted by molar-refractivity contribution is 6.31. The second kappa shape index (κ2) is 11.5. The van der Waals surface area contributed by atoms with Gasteiger partial charge in [0.25, 0.3) is 0 Å². The molecule has 0 spiro atoms. The van der Waals surface area contributed by atoms with E-state index in [9.17, 15) is 0 Å². The minimum absolute atomic E-state index is 0.368. The predicted octanol–water partition coefficient (Wildman–Crippen LogP) is 5.89. The summed E-state index contributed by atoms with van der Waals surface area (Å²) in [6.45, 7) is 2.25. The summed E-state index contributed by atoms with van der Waals surface area (Å²) < 4.78 is 5.91. The van der Waals surface area contributed by atoms with Crippen molar-refractivity contribution in [3.8, 4) is 5.75 Å². The molecule has 0 bridgehead atoms. The Morgan fingerprint density at radius 1 is 0.889 bits per heavy atom. The topological polar surface area (TPSA) is 87.6 Å². The molecule has 0 unspecified atom stereocenters. The summed E-state index contributed by atoms with van der Waals surface area (Å²) in [5, 5.41) is 8.29. The Bertz CT molecular complexity index is 1330. The van der Waals surface area contributed by atoms with Crippen LogP contribution in [-0.4, -0.2) is 34.3 Å². The number of halogens is 1. The van der Waals surface area contributed by atoms with E-state index in [0.717, 1.165) is 48.5 Å². The number of hydrazone groups is 1. The third-order valence-electron chi connectivity index (χ3n) is 5.63. The Kier molecular flexibility index (Phi) is 7.53. The van der Waals surface area contributed by atoms with Crippen LogP contribution >= 0.6 is 11.6 Å². The highest BCUT2D eigenvalue weighted by Crippen LogP contribution is 2.21. The van der Waals surface area contributed by atoms with Gasteiger partial charge in [0.1, 0.15) is 12.4 Å². The standard InChI is InChI=1S/C27H26ClN7O/c28-24-14-5-4-10-21(24)19-36-23-13-8-9-20(17-23)18-29-34-26-31-25(30-22-11-2-1-3-12-22)32-27(33-26)35-15-6-7-16-35/h1-5,8-14,17-18H,6-7,15-16,19H2,(H2,30,31,32,33,34)/b29-18-. The lowest BCUT2D eigenvalue weighted by atomic mass is 10.2. The van der Waals surface area contributed by atoms with Crippen LogP contribution in [0.5, 0.6) is 5.75 Å². The molecule has 9 heteroatoms. The second-order valence-corrected chi connectivity index (χ2v) is 8.70. The molecule has 36 heavy (non-hydrogen) atoms. The lowest BCUT2D eigenvalue weighted by molar-refractivity contribution is 0.306. The number of nitrogens with one attached hydrogen (secondary N) is 2. The van der Waals surface area contributed by atoms with Crippen LogP contribution in [0.3, 0.4) is 0 Å². The molecular formula is C27H26ClN7O. The zero-order chi connectivity index (χ0) is 24.6. The number of para-hydroxylation sites is 1. The summed E-state index contributed by atoms with van der Waals surface area (Å²) in [5.41, 5.74) is 5.66. The van der Waals surface area contributed by atoms with Gasteiger partial charge in [-0.2, -0.15) is 20.1 Å². The van der Waals surface area contributed by atoms with Crippen LogP contribution in [0.25, 0.3) is 0 Å². The van der Waals surface area contributed by atoms with Gasteiger partial charge in [-0.05, 0) is 48.7 Å². The van der Waals surface area contributed by atoms with Crippen LogP contribution < -0.4 is 20.4 Å². The molecule has 2 heterocycles. The monoisotopic (exact) mass is 499 g/mol. The molecule has 0 aliphatic carbocycles. The van der Waals surface area contributed by atoms with Crippen molar-refractivity contribution in [3.63, 3.8) is 0 Å². The Hall–Kier alpha value is -4.17. The Morgan fingerprint density at radius 3 is 2.50 bits per heavy atom. The van der Waals surface area contributed by atoms with E-state index in [1.54, 1.807) is 6.21 Å². The molecule has 5 rings (SSSR count). The lowest BCUT2D eigenvalue weighted by Gasteiger charge is -2.16. The van der Waals surface area contributed by atoms with Gasteiger partial charge in [-0.15, -0.1) is 0 Å². The summed E-state index contributed by atoms with van der Waals surface area (Å²) in [6, 6.07) is 25.1. The maximum Gasteiger partial charge on any atom is 0.250 e. The average Bonchev–Trinajstić information content (AvgIpc) is 3.44. The first-order valence-electron chi connectivity index (χ1n) is 11.8. The molecule has 0 radical (unpaired) electrons. The van der Waals surface area contributed by atoms with E-state index in [0.29, 0.717) is 29.5 Å². The van der Waals surface area contributed by atoms with Crippen molar-refractivity contribution in [1.29, 1.82) is 0 Å². The fraction of sp³-hybridized carbons (Fsp3) is 0.185. The Labute approximate surface area is 215 Å². The van der Waals surface area contributed by atoms with E-state index >= 15 is 0 Å². The summed E-state index contributed by atoms with van der Waals surface area (Å²) in [5.74, 6) is 2.19. The van der Waals surface area contributed by atoms with Crippen LogP contribution in [0.15, 0.2) is 84.0 Å². The minimum Gasteiger partial charge on any atom is -0.489 e. The Morgan fingerprint density at radius 2 is 1.67 bits per heavy atom. The molecule has 2 N–H and O–H groups in total. The lowest BCUT2D eigenvalue weighted by Crippen LogP contribution is -2.21. The number of benzene rings is 3. The van der Waals surface area contributed by atoms with Crippen LogP contribution in [0.2, 0.25) is 5.02 Å². The van der Waals surface area contributed by atoms with Crippen LogP contribution in [0.4, 0.5) is 23.5 Å². The largest absolute Gasteiger partial charge is 0.489 e. The van der Waals surface area contributed by atoms with Gasteiger partial charge in [0.15, 0.2) is 0 Å². The number of anilines is 4. The number of ether oxygens (including phenoxy) is 1. The molecule has 4 aromatic rings. The highest BCUT2D eigenvalue weighted by atomic mass is 35.5. The van der Waals surface area contributed by atoms with Gasteiger partial charge in [-0.25, -0.2) is 5.43 Å². The maximum absolute atomic E-state index is 6.22. The van der Waals surface area contributed by atoms with Gasteiger partial charge in [0.2, 0.25) is 17.8 Å². The SMILES string of the molecule is Clc1ccccc1COc1cccc(/C=N\Nc2nc(Nc3ccccc3)nc(N3CCCC3)n2)c1. The fourth-order valence-electron chi connectivity index (χ4n) is 3.81.